The van der Waals surface area contributed by atoms with Gasteiger partial charge in [0.25, 0.3) is 0 Å². The van der Waals surface area contributed by atoms with Crippen LogP contribution < -0.4 is 10.6 Å². The number of hydrogen-bond acceptors (Lipinski definition) is 5. The number of nitrogens with two attached hydrogens (primary N) is 1. The summed E-state index contributed by atoms with van der Waals surface area (Å²) in [6.07, 6.45) is -2.70. The summed E-state index contributed by atoms with van der Waals surface area (Å²) in [4.78, 5) is 49.9. The first-order valence-electron chi connectivity index (χ1n) is 13.3. The minimum atomic E-state index is -4.89. The average molecular weight is 604 g/mol. The molecule has 0 saturated carbocycles. The zero-order valence-electron chi connectivity index (χ0n) is 22.5. The zero-order chi connectivity index (χ0) is 31.0. The van der Waals surface area contributed by atoms with Gasteiger partial charge in [0, 0.05) is 47.6 Å². The van der Waals surface area contributed by atoms with Crippen LogP contribution in [0.4, 0.5) is 32.2 Å². The monoisotopic (exact) mass is 603 g/mol. The standard InChI is InChI=1S/C29H23F6N5O3/c1-13-16(22-18(30)4-5-19(31)23(22)32)8-21(26(42)39(13)12-29(33,34)35)40-25-17(3-2-6-37-25)28(27(40)43)9-14-7-15(24(36)41)11-38-20(14)10-28/h2-7,11,13,16,21H,8-10,12H2,1H3,(H2,36,41)/t13-,16-,21+,28?/m1/s1. The Morgan fingerprint density at radius 1 is 1.09 bits per heavy atom. The molecule has 1 unspecified atom stereocenters. The maximum atomic E-state index is 15.0. The smallest absolute Gasteiger partial charge is 0.366 e. The lowest BCUT2D eigenvalue weighted by molar-refractivity contribution is -0.170. The normalized spacial score (nSPS) is 25.0. The molecule has 14 heteroatoms. The lowest BCUT2D eigenvalue weighted by Gasteiger charge is -2.45. The van der Waals surface area contributed by atoms with Gasteiger partial charge in [-0.15, -0.1) is 0 Å². The van der Waals surface area contributed by atoms with Crippen molar-refractivity contribution in [3.05, 3.63) is 88.1 Å². The number of piperidine rings is 1. The van der Waals surface area contributed by atoms with Gasteiger partial charge in [-0.3, -0.25) is 24.3 Å². The van der Waals surface area contributed by atoms with Crippen molar-refractivity contribution in [2.45, 2.75) is 55.8 Å². The lowest BCUT2D eigenvalue weighted by atomic mass is 9.79. The molecule has 0 radical (unpaired) electrons. The van der Waals surface area contributed by atoms with E-state index in [1.54, 1.807) is 12.1 Å². The number of hydrogen-bond donors (Lipinski definition) is 1. The van der Waals surface area contributed by atoms with Gasteiger partial charge in [-0.1, -0.05) is 6.07 Å². The van der Waals surface area contributed by atoms with E-state index < -0.39 is 83.3 Å². The van der Waals surface area contributed by atoms with Crippen molar-refractivity contribution in [3.63, 3.8) is 0 Å². The lowest BCUT2D eigenvalue weighted by Crippen LogP contribution is -2.61. The van der Waals surface area contributed by atoms with Crippen molar-refractivity contribution < 1.29 is 40.7 Å². The molecular weight excluding hydrogens is 580 g/mol. The number of benzene rings is 1. The van der Waals surface area contributed by atoms with Gasteiger partial charge in [-0.25, -0.2) is 18.2 Å². The van der Waals surface area contributed by atoms with Gasteiger partial charge >= 0.3 is 6.18 Å². The molecule has 6 rings (SSSR count). The third kappa shape index (κ3) is 4.41. The molecule has 1 spiro atoms. The Labute approximate surface area is 240 Å². The first-order valence-corrected chi connectivity index (χ1v) is 13.3. The number of amides is 3. The van der Waals surface area contributed by atoms with E-state index >= 15 is 4.39 Å². The first kappa shape index (κ1) is 28.6. The van der Waals surface area contributed by atoms with E-state index in [0.29, 0.717) is 33.9 Å². The van der Waals surface area contributed by atoms with Gasteiger partial charge in [0.15, 0.2) is 11.6 Å². The predicted molar refractivity (Wildman–Crippen MR) is 138 cm³/mol. The summed E-state index contributed by atoms with van der Waals surface area (Å²) in [6.45, 7) is -0.560. The molecule has 2 aliphatic heterocycles. The molecule has 1 aromatic carbocycles. The van der Waals surface area contributed by atoms with Gasteiger partial charge < -0.3 is 10.6 Å². The fraction of sp³-hybridized carbons (Fsp3) is 0.345. The number of pyridine rings is 2. The van der Waals surface area contributed by atoms with Gasteiger partial charge in [-0.05, 0) is 49.6 Å². The van der Waals surface area contributed by atoms with Crippen LogP contribution in [-0.2, 0) is 27.8 Å². The molecule has 1 fully saturated rings. The number of carbonyl (C=O) groups excluding carboxylic acids is 3. The zero-order valence-corrected chi connectivity index (χ0v) is 22.5. The number of aromatic nitrogens is 2. The maximum absolute atomic E-state index is 15.0. The summed E-state index contributed by atoms with van der Waals surface area (Å²) in [6, 6.07) is 2.84. The van der Waals surface area contributed by atoms with Crippen molar-refractivity contribution in [2.75, 3.05) is 11.4 Å². The van der Waals surface area contributed by atoms with Gasteiger partial charge in [0.05, 0.1) is 11.0 Å². The molecule has 8 nitrogen and oxygen atoms in total. The van der Waals surface area contributed by atoms with E-state index in [1.165, 1.54) is 25.4 Å². The Bertz CT molecular complexity index is 1700. The second-order valence-corrected chi connectivity index (χ2v) is 11.1. The Balaban J connectivity index is 1.46. The van der Waals surface area contributed by atoms with Crippen molar-refractivity contribution in [1.29, 1.82) is 0 Å². The number of alkyl halides is 3. The van der Waals surface area contributed by atoms with Crippen molar-refractivity contribution in [2.24, 2.45) is 5.73 Å². The molecule has 0 bridgehead atoms. The Hall–Kier alpha value is -4.49. The molecular formula is C29H23F6N5O3. The third-order valence-corrected chi connectivity index (χ3v) is 8.70. The second-order valence-electron chi connectivity index (χ2n) is 11.1. The molecule has 4 atom stereocenters. The third-order valence-electron chi connectivity index (χ3n) is 8.70. The topological polar surface area (TPSA) is 109 Å². The number of likely N-dealkylation sites (tertiary alicyclic amines) is 1. The Kier molecular flexibility index (Phi) is 6.51. The summed E-state index contributed by atoms with van der Waals surface area (Å²) in [5, 5.41) is 0. The van der Waals surface area contributed by atoms with E-state index in [9.17, 15) is 36.3 Å². The highest BCUT2D eigenvalue weighted by molar-refractivity contribution is 6.12. The van der Waals surface area contributed by atoms with Gasteiger partial charge in [0.2, 0.25) is 17.7 Å². The summed E-state index contributed by atoms with van der Waals surface area (Å²) < 4.78 is 85.4. The summed E-state index contributed by atoms with van der Waals surface area (Å²) >= 11 is 0. The fourth-order valence-corrected chi connectivity index (χ4v) is 6.71. The van der Waals surface area contributed by atoms with Crippen LogP contribution >= 0.6 is 0 Å². The molecule has 3 aromatic rings. The average Bonchev–Trinajstić information content (AvgIpc) is 3.45. The number of fused-ring (bicyclic) bond motifs is 3. The van der Waals surface area contributed by atoms with Crippen LogP contribution in [0.5, 0.6) is 0 Å². The van der Waals surface area contributed by atoms with Crippen LogP contribution in [-0.4, -0.2) is 57.4 Å². The summed E-state index contributed by atoms with van der Waals surface area (Å²) in [5.74, 6) is -8.11. The molecule has 43 heavy (non-hydrogen) atoms. The largest absolute Gasteiger partial charge is 0.406 e. The molecule has 3 aliphatic rings. The van der Waals surface area contributed by atoms with Crippen LogP contribution in [0.3, 0.4) is 0 Å². The number of nitrogens with zero attached hydrogens (tertiary/aromatic N) is 4. The summed E-state index contributed by atoms with van der Waals surface area (Å²) in [5.41, 5.74) is 4.75. The van der Waals surface area contributed by atoms with Crippen LogP contribution in [0.1, 0.15) is 52.0 Å². The highest BCUT2D eigenvalue weighted by Gasteiger charge is 2.59. The molecule has 4 heterocycles. The highest BCUT2D eigenvalue weighted by Crippen LogP contribution is 2.51. The molecule has 224 valence electrons. The highest BCUT2D eigenvalue weighted by atomic mass is 19.4. The maximum Gasteiger partial charge on any atom is 0.406 e. The molecule has 1 saturated heterocycles. The van der Waals surface area contributed by atoms with Crippen LogP contribution in [0.15, 0.2) is 42.7 Å². The van der Waals surface area contributed by atoms with Gasteiger partial charge in [-0.2, -0.15) is 13.2 Å². The molecule has 1 aliphatic carbocycles. The van der Waals surface area contributed by atoms with Crippen LogP contribution in [0.25, 0.3) is 0 Å². The van der Waals surface area contributed by atoms with Crippen LogP contribution in [0, 0.1) is 17.5 Å². The predicted octanol–water partition coefficient (Wildman–Crippen LogP) is 3.71. The van der Waals surface area contributed by atoms with Crippen LogP contribution in [0.2, 0.25) is 0 Å². The van der Waals surface area contributed by atoms with Crippen molar-refractivity contribution in [3.8, 4) is 0 Å². The quantitative estimate of drug-likeness (QED) is 0.361. The van der Waals surface area contributed by atoms with E-state index in [4.69, 9.17) is 5.73 Å². The minimum Gasteiger partial charge on any atom is -0.366 e. The van der Waals surface area contributed by atoms with E-state index in [-0.39, 0.29) is 24.2 Å². The number of halogens is 6. The number of carbonyl (C=O) groups is 3. The van der Waals surface area contributed by atoms with E-state index in [2.05, 4.69) is 9.97 Å². The summed E-state index contributed by atoms with van der Waals surface area (Å²) in [7, 11) is 0. The molecule has 2 N–H and O–H groups in total. The Morgan fingerprint density at radius 2 is 1.81 bits per heavy atom. The molecule has 2 aromatic heterocycles. The molecule has 3 amide bonds. The first-order chi connectivity index (χ1) is 20.2. The fourth-order valence-electron chi connectivity index (χ4n) is 6.71. The van der Waals surface area contributed by atoms with Crippen molar-refractivity contribution >= 4 is 23.5 Å². The van der Waals surface area contributed by atoms with Gasteiger partial charge in [0.1, 0.15) is 24.2 Å². The van der Waals surface area contributed by atoms with Crippen molar-refractivity contribution in [1.82, 2.24) is 14.9 Å². The SMILES string of the molecule is C[C@@H]1[C@H](c2c(F)ccc(F)c2F)C[C@H](N2C(=O)C3(Cc4cc(C(N)=O)cnc4C3)c3cccnc32)C(=O)N1CC(F)(F)F. The van der Waals surface area contributed by atoms with E-state index in [0.717, 1.165) is 4.90 Å². The Morgan fingerprint density at radius 3 is 2.51 bits per heavy atom. The number of anilines is 1. The van der Waals surface area contributed by atoms with E-state index in [1.807, 2.05) is 0 Å². The second kappa shape index (κ2) is 9.78. The number of rotatable bonds is 4. The number of primary amides is 1. The minimum absolute atomic E-state index is 0.00855.